The first-order valence-electron chi connectivity index (χ1n) is 4.17. The summed E-state index contributed by atoms with van der Waals surface area (Å²) >= 11 is 0. The lowest BCUT2D eigenvalue weighted by Gasteiger charge is -2.00. The van der Waals surface area contributed by atoms with Gasteiger partial charge in [-0.3, -0.25) is 0 Å². The summed E-state index contributed by atoms with van der Waals surface area (Å²) in [5, 5.41) is 0. The monoisotopic (exact) mass is 179 g/mol. The number of halogens is 1. The molecule has 0 aromatic carbocycles. The summed E-state index contributed by atoms with van der Waals surface area (Å²) in [6, 6.07) is 3.71. The molecule has 0 spiro atoms. The van der Waals surface area contributed by atoms with Crippen molar-refractivity contribution in [2.45, 2.75) is 13.5 Å². The first-order valence-corrected chi connectivity index (χ1v) is 4.17. The van der Waals surface area contributed by atoms with E-state index >= 15 is 0 Å². The predicted molar refractivity (Wildman–Crippen MR) is 48.2 cm³/mol. The van der Waals surface area contributed by atoms with Crippen LogP contribution in [0.15, 0.2) is 18.3 Å². The fraction of sp³-hybridized carbons (Fsp3) is 0.333. The van der Waals surface area contributed by atoms with Crippen LogP contribution in [0.1, 0.15) is 5.82 Å². The minimum atomic E-state index is -0.386. The number of rotatable bonds is 2. The quantitative estimate of drug-likeness (QED) is 0.702. The molecule has 0 N–H and O–H groups in total. The molecule has 3 nitrogen and oxygen atoms in total. The minimum absolute atomic E-state index is 0.333. The predicted octanol–water partition coefficient (Wildman–Crippen LogP) is 1.71. The third kappa shape index (κ3) is 1.28. The van der Waals surface area contributed by atoms with Gasteiger partial charge in [0.15, 0.2) is 5.65 Å². The van der Waals surface area contributed by atoms with Gasteiger partial charge < -0.3 is 4.57 Å². The smallest absolute Gasteiger partial charge is 0.160 e. The molecule has 0 aliphatic heterocycles. The Hall–Kier alpha value is -1.45. The second-order valence-corrected chi connectivity index (χ2v) is 2.85. The van der Waals surface area contributed by atoms with Crippen molar-refractivity contribution >= 4 is 11.2 Å². The third-order valence-electron chi connectivity index (χ3n) is 2.00. The van der Waals surface area contributed by atoms with Gasteiger partial charge >= 0.3 is 0 Å². The van der Waals surface area contributed by atoms with Crippen LogP contribution in [0, 0.1) is 6.92 Å². The number of imidazole rings is 1. The lowest BCUT2D eigenvalue weighted by Crippen LogP contribution is -2.02. The Balaban J connectivity index is 2.64. The number of fused-ring (bicyclic) bond motifs is 1. The lowest BCUT2D eigenvalue weighted by atomic mass is 10.4. The Kier molecular flexibility index (Phi) is 1.96. The van der Waals surface area contributed by atoms with Gasteiger partial charge in [0.25, 0.3) is 0 Å². The van der Waals surface area contributed by atoms with Crippen molar-refractivity contribution in [3.05, 3.63) is 24.2 Å². The number of aryl methyl sites for hydroxylation is 2. The van der Waals surface area contributed by atoms with E-state index in [9.17, 15) is 4.39 Å². The van der Waals surface area contributed by atoms with Gasteiger partial charge in [-0.25, -0.2) is 14.4 Å². The summed E-state index contributed by atoms with van der Waals surface area (Å²) < 4.78 is 14.0. The summed E-state index contributed by atoms with van der Waals surface area (Å²) in [7, 11) is 0. The lowest BCUT2D eigenvalue weighted by molar-refractivity contribution is 0.445. The van der Waals surface area contributed by atoms with Crippen molar-refractivity contribution in [1.29, 1.82) is 0 Å². The van der Waals surface area contributed by atoms with Crippen LogP contribution in [0.3, 0.4) is 0 Å². The molecular formula is C9H10FN3. The van der Waals surface area contributed by atoms with Crippen LogP contribution in [-0.2, 0) is 6.54 Å². The number of hydrogen-bond acceptors (Lipinski definition) is 2. The van der Waals surface area contributed by atoms with Gasteiger partial charge in [0.1, 0.15) is 18.0 Å². The second-order valence-electron chi connectivity index (χ2n) is 2.85. The largest absolute Gasteiger partial charge is 0.310 e. The second kappa shape index (κ2) is 3.12. The molecule has 4 heteroatoms. The molecule has 0 amide bonds. The van der Waals surface area contributed by atoms with Gasteiger partial charge in [-0.05, 0) is 19.1 Å². The highest BCUT2D eigenvalue weighted by Gasteiger charge is 2.06. The SMILES string of the molecule is Cc1nc2cccnc2n1CCF. The summed E-state index contributed by atoms with van der Waals surface area (Å²) in [4.78, 5) is 8.42. The van der Waals surface area contributed by atoms with Gasteiger partial charge in [-0.1, -0.05) is 0 Å². The molecule has 2 aromatic heterocycles. The zero-order valence-corrected chi connectivity index (χ0v) is 7.37. The summed E-state index contributed by atoms with van der Waals surface area (Å²) in [6.07, 6.45) is 1.69. The molecule has 0 saturated heterocycles. The summed E-state index contributed by atoms with van der Waals surface area (Å²) in [5.74, 6) is 0.811. The van der Waals surface area contributed by atoms with Gasteiger partial charge in [0.2, 0.25) is 0 Å². The Morgan fingerprint density at radius 1 is 1.54 bits per heavy atom. The van der Waals surface area contributed by atoms with Crippen LogP contribution in [0.5, 0.6) is 0 Å². The van der Waals surface area contributed by atoms with E-state index in [1.165, 1.54) is 0 Å². The van der Waals surface area contributed by atoms with Gasteiger partial charge in [0.05, 0.1) is 6.54 Å². The average Bonchev–Trinajstić information content (AvgIpc) is 2.44. The molecule has 2 rings (SSSR count). The molecule has 13 heavy (non-hydrogen) atoms. The van der Waals surface area contributed by atoms with Gasteiger partial charge in [-0.2, -0.15) is 0 Å². The molecular weight excluding hydrogens is 169 g/mol. The Bertz CT molecular complexity index is 422. The summed E-state index contributed by atoms with van der Waals surface area (Å²) in [6.45, 7) is 1.81. The number of hydrogen-bond donors (Lipinski definition) is 0. The zero-order valence-electron chi connectivity index (χ0n) is 7.37. The van der Waals surface area contributed by atoms with Crippen LogP contribution in [-0.4, -0.2) is 21.2 Å². The average molecular weight is 179 g/mol. The maximum atomic E-state index is 12.2. The number of nitrogens with zero attached hydrogens (tertiary/aromatic N) is 3. The van der Waals surface area contributed by atoms with Crippen molar-refractivity contribution in [3.63, 3.8) is 0 Å². The van der Waals surface area contributed by atoms with E-state index in [0.717, 1.165) is 17.0 Å². The molecule has 2 heterocycles. The first-order chi connectivity index (χ1) is 6.33. The molecule has 0 bridgehead atoms. The minimum Gasteiger partial charge on any atom is -0.310 e. The van der Waals surface area contributed by atoms with Gasteiger partial charge in [0, 0.05) is 6.20 Å². The third-order valence-corrected chi connectivity index (χ3v) is 2.00. The van der Waals surface area contributed by atoms with Crippen LogP contribution < -0.4 is 0 Å². The van der Waals surface area contributed by atoms with E-state index in [-0.39, 0.29) is 6.67 Å². The Labute approximate surface area is 75.2 Å². The first kappa shape index (κ1) is 8.16. The zero-order chi connectivity index (χ0) is 9.26. The van der Waals surface area contributed by atoms with E-state index in [4.69, 9.17) is 0 Å². The number of pyridine rings is 1. The van der Waals surface area contributed by atoms with Gasteiger partial charge in [-0.15, -0.1) is 0 Å². The molecule has 0 unspecified atom stereocenters. The Morgan fingerprint density at radius 2 is 2.38 bits per heavy atom. The van der Waals surface area contributed by atoms with Crippen molar-refractivity contribution in [3.8, 4) is 0 Å². The maximum Gasteiger partial charge on any atom is 0.160 e. The summed E-state index contributed by atoms with van der Waals surface area (Å²) in [5.41, 5.74) is 1.59. The fourth-order valence-electron chi connectivity index (χ4n) is 1.42. The standard InChI is InChI=1S/C9H10FN3/c1-7-12-8-3-2-5-11-9(8)13(7)6-4-10/h2-3,5H,4,6H2,1H3. The fourth-order valence-corrected chi connectivity index (χ4v) is 1.42. The molecule has 2 aromatic rings. The number of alkyl halides is 1. The van der Waals surface area contributed by atoms with Crippen molar-refractivity contribution in [2.24, 2.45) is 0 Å². The molecule has 0 radical (unpaired) electrons. The highest BCUT2D eigenvalue weighted by Crippen LogP contribution is 2.12. The maximum absolute atomic E-state index is 12.2. The van der Waals surface area contributed by atoms with E-state index in [0.29, 0.717) is 6.54 Å². The van der Waals surface area contributed by atoms with Crippen LogP contribution in [0.25, 0.3) is 11.2 Å². The van der Waals surface area contributed by atoms with Crippen molar-refractivity contribution < 1.29 is 4.39 Å². The van der Waals surface area contributed by atoms with E-state index < -0.39 is 0 Å². The van der Waals surface area contributed by atoms with E-state index in [1.807, 2.05) is 19.1 Å². The Morgan fingerprint density at radius 3 is 3.15 bits per heavy atom. The number of aromatic nitrogens is 3. The molecule has 0 atom stereocenters. The van der Waals surface area contributed by atoms with Crippen LogP contribution >= 0.6 is 0 Å². The van der Waals surface area contributed by atoms with Crippen LogP contribution in [0.4, 0.5) is 4.39 Å². The highest BCUT2D eigenvalue weighted by molar-refractivity contribution is 5.70. The molecule has 0 aliphatic rings. The molecule has 0 fully saturated rings. The highest BCUT2D eigenvalue weighted by atomic mass is 19.1. The topological polar surface area (TPSA) is 30.7 Å². The molecule has 0 aliphatic carbocycles. The van der Waals surface area contributed by atoms with E-state index in [1.54, 1.807) is 10.8 Å². The van der Waals surface area contributed by atoms with Crippen molar-refractivity contribution in [2.75, 3.05) is 6.67 Å². The molecule has 68 valence electrons. The van der Waals surface area contributed by atoms with Crippen molar-refractivity contribution in [1.82, 2.24) is 14.5 Å². The van der Waals surface area contributed by atoms with E-state index in [2.05, 4.69) is 9.97 Å². The normalized spacial score (nSPS) is 10.9. The molecule has 0 saturated carbocycles. The van der Waals surface area contributed by atoms with Crippen LogP contribution in [0.2, 0.25) is 0 Å².